The van der Waals surface area contributed by atoms with Crippen molar-refractivity contribution in [2.45, 2.75) is 26.7 Å². The number of rotatable bonds is 7. The predicted molar refractivity (Wildman–Crippen MR) is 87.2 cm³/mol. The van der Waals surface area contributed by atoms with Crippen LogP contribution in [0.15, 0.2) is 48.7 Å². The second kappa shape index (κ2) is 8.17. The fourth-order valence-electron chi connectivity index (χ4n) is 2.16. The summed E-state index contributed by atoms with van der Waals surface area (Å²) >= 11 is 0. The van der Waals surface area contributed by atoms with Crippen LogP contribution in [-0.4, -0.2) is 28.9 Å². The topological polar surface area (TPSA) is 42.4 Å². The molecule has 0 N–H and O–H groups in total. The van der Waals surface area contributed by atoms with E-state index in [4.69, 9.17) is 4.74 Å². The third-order valence-electron chi connectivity index (χ3n) is 3.39. The molecular formula is C18H22N2O2. The minimum Gasteiger partial charge on any atom is -0.439 e. The Kier molecular flexibility index (Phi) is 5.95. The lowest BCUT2D eigenvalue weighted by atomic mass is 10.1. The smallest absolute Gasteiger partial charge is 0.253 e. The van der Waals surface area contributed by atoms with Crippen LogP contribution in [0.2, 0.25) is 0 Å². The fraction of sp³-hybridized carbons (Fsp3) is 0.333. The SMILES string of the molecule is CCCCN(CC)C(=O)c1cccc(Oc2ccccn2)c1. The molecule has 116 valence electrons. The second-order valence-corrected chi connectivity index (χ2v) is 5.04. The molecule has 0 radical (unpaired) electrons. The van der Waals surface area contributed by atoms with Gasteiger partial charge < -0.3 is 9.64 Å². The summed E-state index contributed by atoms with van der Waals surface area (Å²) in [5.41, 5.74) is 0.645. The van der Waals surface area contributed by atoms with Crippen molar-refractivity contribution in [3.8, 4) is 11.6 Å². The molecule has 0 aliphatic carbocycles. The van der Waals surface area contributed by atoms with E-state index in [-0.39, 0.29) is 5.91 Å². The van der Waals surface area contributed by atoms with Gasteiger partial charge in [0.25, 0.3) is 5.91 Å². The van der Waals surface area contributed by atoms with Gasteiger partial charge in [-0.05, 0) is 37.6 Å². The van der Waals surface area contributed by atoms with Crippen LogP contribution in [0.25, 0.3) is 0 Å². The summed E-state index contributed by atoms with van der Waals surface area (Å²) in [6.45, 7) is 5.63. The molecule has 1 aromatic heterocycles. The zero-order chi connectivity index (χ0) is 15.8. The van der Waals surface area contributed by atoms with Crippen LogP contribution >= 0.6 is 0 Å². The van der Waals surface area contributed by atoms with E-state index >= 15 is 0 Å². The minimum absolute atomic E-state index is 0.0439. The van der Waals surface area contributed by atoms with Crippen molar-refractivity contribution in [2.75, 3.05) is 13.1 Å². The molecule has 0 aliphatic rings. The van der Waals surface area contributed by atoms with Gasteiger partial charge in [-0.25, -0.2) is 4.98 Å². The zero-order valence-electron chi connectivity index (χ0n) is 13.2. The molecule has 1 aromatic carbocycles. The van der Waals surface area contributed by atoms with Gasteiger partial charge >= 0.3 is 0 Å². The highest BCUT2D eigenvalue weighted by Crippen LogP contribution is 2.20. The Balaban J connectivity index is 2.11. The predicted octanol–water partition coefficient (Wildman–Crippen LogP) is 4.14. The number of benzene rings is 1. The number of carbonyl (C=O) groups excluding carboxylic acids is 1. The molecule has 1 heterocycles. The largest absolute Gasteiger partial charge is 0.439 e. The van der Waals surface area contributed by atoms with Crippen LogP contribution in [-0.2, 0) is 0 Å². The number of nitrogens with zero attached hydrogens (tertiary/aromatic N) is 2. The van der Waals surface area contributed by atoms with Gasteiger partial charge in [0.05, 0.1) is 0 Å². The number of aromatic nitrogens is 1. The van der Waals surface area contributed by atoms with Crippen LogP contribution < -0.4 is 4.74 Å². The Bertz CT molecular complexity index is 599. The van der Waals surface area contributed by atoms with E-state index in [0.29, 0.717) is 23.7 Å². The molecule has 0 bridgehead atoms. The van der Waals surface area contributed by atoms with Gasteiger partial charge in [-0.15, -0.1) is 0 Å². The molecular weight excluding hydrogens is 276 g/mol. The summed E-state index contributed by atoms with van der Waals surface area (Å²) in [5, 5.41) is 0. The molecule has 0 atom stereocenters. The lowest BCUT2D eigenvalue weighted by Crippen LogP contribution is -2.31. The monoisotopic (exact) mass is 298 g/mol. The summed E-state index contributed by atoms with van der Waals surface area (Å²) in [6, 6.07) is 12.7. The average molecular weight is 298 g/mol. The third-order valence-corrected chi connectivity index (χ3v) is 3.39. The van der Waals surface area contributed by atoms with Gasteiger partial charge in [-0.2, -0.15) is 0 Å². The normalized spacial score (nSPS) is 10.3. The van der Waals surface area contributed by atoms with Crippen LogP contribution in [0.1, 0.15) is 37.0 Å². The Morgan fingerprint density at radius 2 is 2.05 bits per heavy atom. The van der Waals surface area contributed by atoms with Crippen molar-refractivity contribution >= 4 is 5.91 Å². The lowest BCUT2D eigenvalue weighted by Gasteiger charge is -2.20. The van der Waals surface area contributed by atoms with Crippen molar-refractivity contribution in [2.24, 2.45) is 0 Å². The van der Waals surface area contributed by atoms with E-state index in [1.54, 1.807) is 18.3 Å². The highest BCUT2D eigenvalue weighted by molar-refractivity contribution is 5.94. The number of pyridine rings is 1. The standard InChI is InChI=1S/C18H22N2O2/c1-3-5-13-20(4-2)18(21)15-9-8-10-16(14-15)22-17-11-6-7-12-19-17/h6-12,14H,3-5,13H2,1-2H3. The van der Waals surface area contributed by atoms with E-state index < -0.39 is 0 Å². The number of hydrogen-bond acceptors (Lipinski definition) is 3. The van der Waals surface area contributed by atoms with Gasteiger partial charge in [0.15, 0.2) is 0 Å². The van der Waals surface area contributed by atoms with Crippen LogP contribution in [0.5, 0.6) is 11.6 Å². The van der Waals surface area contributed by atoms with Gasteiger partial charge in [-0.3, -0.25) is 4.79 Å². The molecule has 4 nitrogen and oxygen atoms in total. The molecule has 0 fully saturated rings. The molecule has 0 spiro atoms. The second-order valence-electron chi connectivity index (χ2n) is 5.04. The highest BCUT2D eigenvalue weighted by Gasteiger charge is 2.14. The summed E-state index contributed by atoms with van der Waals surface area (Å²) < 4.78 is 5.68. The van der Waals surface area contributed by atoms with E-state index in [1.165, 1.54) is 0 Å². The first kappa shape index (κ1) is 16.0. The fourth-order valence-corrected chi connectivity index (χ4v) is 2.16. The molecule has 0 saturated heterocycles. The van der Waals surface area contributed by atoms with Crippen molar-refractivity contribution in [3.05, 3.63) is 54.2 Å². The van der Waals surface area contributed by atoms with Gasteiger partial charge in [0.1, 0.15) is 5.75 Å². The van der Waals surface area contributed by atoms with Crippen LogP contribution in [0.3, 0.4) is 0 Å². The molecule has 2 rings (SSSR count). The first-order valence-corrected chi connectivity index (χ1v) is 7.72. The maximum absolute atomic E-state index is 12.5. The van der Waals surface area contributed by atoms with E-state index in [2.05, 4.69) is 11.9 Å². The Morgan fingerprint density at radius 1 is 1.18 bits per heavy atom. The van der Waals surface area contributed by atoms with Gasteiger partial charge in [0, 0.05) is 30.9 Å². The molecule has 0 unspecified atom stereocenters. The number of carbonyl (C=O) groups is 1. The Labute approximate surface area is 131 Å². The summed E-state index contributed by atoms with van der Waals surface area (Å²) in [7, 11) is 0. The van der Waals surface area contributed by atoms with Crippen LogP contribution in [0, 0.1) is 0 Å². The Hall–Kier alpha value is -2.36. The molecule has 1 amide bonds. The molecule has 22 heavy (non-hydrogen) atoms. The molecule has 4 heteroatoms. The number of ether oxygens (including phenoxy) is 1. The third kappa shape index (κ3) is 4.32. The van der Waals surface area contributed by atoms with Gasteiger partial charge in [0.2, 0.25) is 5.88 Å². The zero-order valence-corrected chi connectivity index (χ0v) is 13.2. The summed E-state index contributed by atoms with van der Waals surface area (Å²) in [5.74, 6) is 1.18. The first-order chi connectivity index (χ1) is 10.7. The van der Waals surface area contributed by atoms with Crippen molar-refractivity contribution < 1.29 is 9.53 Å². The van der Waals surface area contributed by atoms with Crippen molar-refractivity contribution in [3.63, 3.8) is 0 Å². The first-order valence-electron chi connectivity index (χ1n) is 7.72. The summed E-state index contributed by atoms with van der Waals surface area (Å²) in [4.78, 5) is 18.5. The van der Waals surface area contributed by atoms with E-state index in [9.17, 15) is 4.79 Å². The maximum atomic E-state index is 12.5. The number of unbranched alkanes of at least 4 members (excludes halogenated alkanes) is 1. The minimum atomic E-state index is 0.0439. The van der Waals surface area contributed by atoms with E-state index in [1.807, 2.05) is 42.2 Å². The molecule has 0 saturated carbocycles. The number of amides is 1. The van der Waals surface area contributed by atoms with Crippen LogP contribution in [0.4, 0.5) is 0 Å². The molecule has 0 aliphatic heterocycles. The average Bonchev–Trinajstić information content (AvgIpc) is 2.56. The Morgan fingerprint density at radius 3 is 2.73 bits per heavy atom. The van der Waals surface area contributed by atoms with E-state index in [0.717, 1.165) is 19.4 Å². The molecule has 2 aromatic rings. The van der Waals surface area contributed by atoms with Gasteiger partial charge in [-0.1, -0.05) is 25.5 Å². The highest BCUT2D eigenvalue weighted by atomic mass is 16.5. The lowest BCUT2D eigenvalue weighted by molar-refractivity contribution is 0.0762. The summed E-state index contributed by atoms with van der Waals surface area (Å²) in [6.07, 6.45) is 3.77. The van der Waals surface area contributed by atoms with Crippen molar-refractivity contribution in [1.29, 1.82) is 0 Å². The quantitative estimate of drug-likeness (QED) is 0.771. The number of hydrogen-bond donors (Lipinski definition) is 0. The van der Waals surface area contributed by atoms with Crippen molar-refractivity contribution in [1.82, 2.24) is 9.88 Å². The maximum Gasteiger partial charge on any atom is 0.253 e.